The van der Waals surface area contributed by atoms with Crippen molar-refractivity contribution in [1.82, 2.24) is 0 Å². The van der Waals surface area contributed by atoms with Gasteiger partial charge >= 0.3 is 5.97 Å². The second-order valence-electron chi connectivity index (χ2n) is 6.67. The van der Waals surface area contributed by atoms with Crippen molar-refractivity contribution in [3.05, 3.63) is 57.8 Å². The van der Waals surface area contributed by atoms with Crippen molar-refractivity contribution in [3.8, 4) is 0 Å². The van der Waals surface area contributed by atoms with Crippen molar-refractivity contribution < 1.29 is 14.3 Å². The van der Waals surface area contributed by atoms with E-state index >= 15 is 0 Å². The highest BCUT2D eigenvalue weighted by molar-refractivity contribution is 7.08. The summed E-state index contributed by atoms with van der Waals surface area (Å²) < 4.78 is 5.04. The third-order valence-corrected chi connectivity index (χ3v) is 4.64. The van der Waals surface area contributed by atoms with E-state index in [1.807, 2.05) is 35.0 Å². The van der Waals surface area contributed by atoms with Gasteiger partial charge in [0.15, 0.2) is 6.61 Å². The van der Waals surface area contributed by atoms with E-state index < -0.39 is 5.97 Å². The molecule has 0 saturated heterocycles. The average molecular weight is 372 g/mol. The van der Waals surface area contributed by atoms with Gasteiger partial charge in [-0.15, -0.1) is 0 Å². The lowest BCUT2D eigenvalue weighted by atomic mass is 9.92. The van der Waals surface area contributed by atoms with Crippen molar-refractivity contribution in [2.45, 2.75) is 39.5 Å². The average Bonchev–Trinajstić information content (AvgIpc) is 3.11. The maximum atomic E-state index is 12.3. The zero-order valence-corrected chi connectivity index (χ0v) is 16.4. The number of nitrogens with one attached hydrogen (secondary N) is 1. The number of ether oxygens (including phenoxy) is 1. The Morgan fingerprint density at radius 2 is 1.77 bits per heavy atom. The molecule has 0 spiro atoms. The Kier molecular flexibility index (Phi) is 7.16. The highest BCUT2D eigenvalue weighted by atomic mass is 32.1. The van der Waals surface area contributed by atoms with Crippen LogP contribution in [0.15, 0.2) is 41.1 Å². The lowest BCUT2D eigenvalue weighted by Crippen LogP contribution is -2.22. The molecule has 0 atom stereocenters. The minimum Gasteiger partial charge on any atom is -0.452 e. The molecular weight excluding hydrogens is 346 g/mol. The van der Waals surface area contributed by atoms with E-state index in [1.54, 1.807) is 17.4 Å². The fourth-order valence-electron chi connectivity index (χ4n) is 2.59. The molecule has 2 aromatic rings. The van der Waals surface area contributed by atoms with Gasteiger partial charge in [-0.1, -0.05) is 45.9 Å². The van der Waals surface area contributed by atoms with Gasteiger partial charge in [-0.25, -0.2) is 4.79 Å². The van der Waals surface area contributed by atoms with Crippen LogP contribution in [0, 0.1) is 0 Å². The lowest BCUT2D eigenvalue weighted by Gasteiger charge is -2.20. The largest absolute Gasteiger partial charge is 0.452 e. The van der Waals surface area contributed by atoms with E-state index in [4.69, 9.17) is 4.74 Å². The maximum Gasteiger partial charge on any atom is 0.331 e. The van der Waals surface area contributed by atoms with E-state index in [-0.39, 0.29) is 24.3 Å². The zero-order chi connectivity index (χ0) is 19.1. The van der Waals surface area contributed by atoms with Gasteiger partial charge in [-0.05, 0) is 51.4 Å². The molecule has 0 saturated carbocycles. The molecule has 1 amide bonds. The highest BCUT2D eigenvalue weighted by Gasteiger charge is 2.16. The summed E-state index contributed by atoms with van der Waals surface area (Å²) in [6.07, 6.45) is 3.00. The van der Waals surface area contributed by atoms with Crippen LogP contribution in [0.5, 0.6) is 0 Å². The number of anilines is 1. The molecule has 5 heteroatoms. The molecule has 1 N–H and O–H groups in total. The number of rotatable bonds is 7. The second kappa shape index (κ2) is 9.34. The van der Waals surface area contributed by atoms with Crippen LogP contribution in [0.3, 0.4) is 0 Å². The normalized spacial score (nSPS) is 11.3. The summed E-state index contributed by atoms with van der Waals surface area (Å²) in [7, 11) is 0. The first kappa shape index (κ1) is 19.9. The molecule has 4 nitrogen and oxygen atoms in total. The van der Waals surface area contributed by atoms with E-state index in [0.717, 1.165) is 22.4 Å². The predicted molar refractivity (Wildman–Crippen MR) is 108 cm³/mol. The molecule has 0 fully saturated rings. The maximum absolute atomic E-state index is 12.3. The summed E-state index contributed by atoms with van der Waals surface area (Å²) in [6, 6.07) is 7.94. The third-order valence-electron chi connectivity index (χ3n) is 3.94. The summed E-state index contributed by atoms with van der Waals surface area (Å²) in [5.41, 5.74) is 3.91. The van der Waals surface area contributed by atoms with Crippen molar-refractivity contribution in [2.24, 2.45) is 0 Å². The van der Waals surface area contributed by atoms with Gasteiger partial charge in [-0.2, -0.15) is 11.3 Å². The van der Waals surface area contributed by atoms with Crippen molar-refractivity contribution in [3.63, 3.8) is 0 Å². The number of carbonyl (C=O) groups is 2. The minimum atomic E-state index is -0.535. The molecule has 0 aliphatic carbocycles. The number of esters is 1. The Bertz CT molecular complexity index is 750. The molecule has 2 rings (SSSR count). The Labute approximate surface area is 158 Å². The lowest BCUT2D eigenvalue weighted by molar-refractivity contribution is -0.142. The van der Waals surface area contributed by atoms with Gasteiger partial charge in [0.25, 0.3) is 5.91 Å². The quantitative estimate of drug-likeness (QED) is 0.538. The van der Waals surface area contributed by atoms with Gasteiger partial charge < -0.3 is 10.1 Å². The molecule has 0 bridgehead atoms. The summed E-state index contributed by atoms with van der Waals surface area (Å²) in [4.78, 5) is 24.0. The number of thiophene rings is 1. The monoisotopic (exact) mass is 371 g/mol. The number of carbonyl (C=O) groups excluding carboxylic acids is 2. The molecule has 1 aromatic heterocycles. The Morgan fingerprint density at radius 1 is 1.12 bits per heavy atom. The van der Waals surface area contributed by atoms with Crippen LogP contribution < -0.4 is 5.32 Å². The van der Waals surface area contributed by atoms with Crippen LogP contribution in [0.1, 0.15) is 56.2 Å². The van der Waals surface area contributed by atoms with Crippen LogP contribution in [-0.2, 0) is 14.3 Å². The van der Waals surface area contributed by atoms with Crippen LogP contribution in [0.4, 0.5) is 5.69 Å². The fourth-order valence-corrected chi connectivity index (χ4v) is 3.22. The second-order valence-corrected chi connectivity index (χ2v) is 7.45. The number of hydrogen-bond acceptors (Lipinski definition) is 4. The first-order valence-electron chi connectivity index (χ1n) is 8.68. The molecule has 1 heterocycles. The first-order chi connectivity index (χ1) is 12.4. The van der Waals surface area contributed by atoms with Crippen molar-refractivity contribution in [1.29, 1.82) is 0 Å². The Hall–Kier alpha value is -2.40. The smallest absolute Gasteiger partial charge is 0.331 e. The topological polar surface area (TPSA) is 55.4 Å². The van der Waals surface area contributed by atoms with Crippen LogP contribution in [0.25, 0.3) is 6.08 Å². The Morgan fingerprint density at radius 3 is 2.31 bits per heavy atom. The number of hydrogen-bond donors (Lipinski definition) is 1. The van der Waals surface area contributed by atoms with E-state index in [1.165, 1.54) is 6.08 Å². The molecule has 0 unspecified atom stereocenters. The van der Waals surface area contributed by atoms with Gasteiger partial charge in [0.2, 0.25) is 0 Å². The standard InChI is InChI=1S/C21H25NO3S/c1-14(2)17-6-5-7-18(15(3)4)21(17)22-19(23)12-25-20(24)9-8-16-10-11-26-13-16/h5-11,13-15H,12H2,1-4H3,(H,22,23)/b9-8+. The molecular formula is C21H25NO3S. The molecule has 1 aromatic carbocycles. The summed E-state index contributed by atoms with van der Waals surface area (Å²) in [5, 5.41) is 6.78. The summed E-state index contributed by atoms with van der Waals surface area (Å²) >= 11 is 1.55. The number of benzene rings is 1. The molecule has 0 aliphatic rings. The molecule has 26 heavy (non-hydrogen) atoms. The van der Waals surface area contributed by atoms with Gasteiger partial charge in [0, 0.05) is 11.8 Å². The fraction of sp³-hybridized carbons (Fsp3) is 0.333. The molecule has 138 valence electrons. The molecule has 0 aliphatic heterocycles. The summed E-state index contributed by atoms with van der Waals surface area (Å²) in [6.45, 7) is 8.04. The van der Waals surface area contributed by atoms with Gasteiger partial charge in [-0.3, -0.25) is 4.79 Å². The van der Waals surface area contributed by atoms with Crippen LogP contribution in [0.2, 0.25) is 0 Å². The zero-order valence-electron chi connectivity index (χ0n) is 15.6. The Balaban J connectivity index is 2.00. The van der Waals surface area contributed by atoms with Crippen molar-refractivity contribution in [2.75, 3.05) is 11.9 Å². The number of para-hydroxylation sites is 1. The first-order valence-corrected chi connectivity index (χ1v) is 9.62. The third kappa shape index (κ3) is 5.56. The SMILES string of the molecule is CC(C)c1cccc(C(C)C)c1NC(=O)COC(=O)/C=C/c1ccsc1. The number of amides is 1. The van der Waals surface area contributed by atoms with E-state index in [9.17, 15) is 9.59 Å². The van der Waals surface area contributed by atoms with Crippen molar-refractivity contribution >= 4 is 35.0 Å². The predicted octanol–water partition coefficient (Wildman–Crippen LogP) is 5.19. The van der Waals surface area contributed by atoms with Crippen LogP contribution in [-0.4, -0.2) is 18.5 Å². The molecule has 0 radical (unpaired) electrons. The highest BCUT2D eigenvalue weighted by Crippen LogP contribution is 2.32. The van der Waals surface area contributed by atoms with Gasteiger partial charge in [0.05, 0.1) is 0 Å². The van der Waals surface area contributed by atoms with E-state index in [2.05, 4.69) is 33.0 Å². The minimum absolute atomic E-state index is 0.278. The van der Waals surface area contributed by atoms with Crippen LogP contribution >= 0.6 is 11.3 Å². The summed E-state index contributed by atoms with van der Waals surface area (Å²) in [5.74, 6) is -0.315. The van der Waals surface area contributed by atoms with E-state index in [0.29, 0.717) is 0 Å². The van der Waals surface area contributed by atoms with Gasteiger partial charge in [0.1, 0.15) is 0 Å².